The first-order valence-electron chi connectivity index (χ1n) is 7.25. The molecule has 0 atom stereocenters. The van der Waals surface area contributed by atoms with E-state index in [1.807, 2.05) is 30.2 Å². The maximum atomic E-state index is 4.32. The zero-order valence-corrected chi connectivity index (χ0v) is 13.4. The fraction of sp³-hybridized carbons (Fsp3) is 0.278. The molecule has 108 valence electrons. The molecule has 1 aliphatic heterocycles. The predicted molar refractivity (Wildman–Crippen MR) is 90.6 cm³/mol. The van der Waals surface area contributed by atoms with E-state index in [0.29, 0.717) is 0 Å². The van der Waals surface area contributed by atoms with Gasteiger partial charge in [0.25, 0.3) is 0 Å². The van der Waals surface area contributed by atoms with E-state index in [9.17, 15) is 0 Å². The van der Waals surface area contributed by atoms with Crippen molar-refractivity contribution >= 4 is 17.3 Å². The van der Waals surface area contributed by atoms with Gasteiger partial charge in [-0.2, -0.15) is 0 Å². The van der Waals surface area contributed by atoms with Gasteiger partial charge in [-0.15, -0.1) is 11.8 Å². The molecule has 1 aromatic heterocycles. The summed E-state index contributed by atoms with van der Waals surface area (Å²) >= 11 is 1.96. The van der Waals surface area contributed by atoms with Gasteiger partial charge in [0, 0.05) is 35.2 Å². The summed E-state index contributed by atoms with van der Waals surface area (Å²) in [4.78, 5) is 7.96. The lowest BCUT2D eigenvalue weighted by molar-refractivity contribution is 0.442. The fourth-order valence-electron chi connectivity index (χ4n) is 2.81. The van der Waals surface area contributed by atoms with Crippen LogP contribution in [0, 0.1) is 0 Å². The predicted octanol–water partition coefficient (Wildman–Crippen LogP) is 3.94. The lowest BCUT2D eigenvalue weighted by Gasteiger charge is -2.18. The SMILES string of the molecule is CN(C)CC1=C(c2cccnc2)c2ccccc2SCC1. The topological polar surface area (TPSA) is 16.1 Å². The molecule has 0 bridgehead atoms. The summed E-state index contributed by atoms with van der Waals surface area (Å²) in [6.07, 6.45) is 4.95. The van der Waals surface area contributed by atoms with Crippen LogP contribution in [0.1, 0.15) is 17.5 Å². The Bertz CT molecular complexity index is 647. The van der Waals surface area contributed by atoms with Crippen LogP contribution in [-0.2, 0) is 0 Å². The van der Waals surface area contributed by atoms with E-state index in [1.165, 1.54) is 27.2 Å². The van der Waals surface area contributed by atoms with E-state index in [1.54, 1.807) is 0 Å². The van der Waals surface area contributed by atoms with Crippen LogP contribution >= 0.6 is 11.8 Å². The van der Waals surface area contributed by atoms with Crippen LogP contribution in [-0.4, -0.2) is 36.3 Å². The van der Waals surface area contributed by atoms with Gasteiger partial charge in [0.05, 0.1) is 0 Å². The molecule has 0 aliphatic carbocycles. The highest BCUT2D eigenvalue weighted by Crippen LogP contribution is 2.38. The summed E-state index contributed by atoms with van der Waals surface area (Å²) in [7, 11) is 4.27. The van der Waals surface area contributed by atoms with Gasteiger partial charge in [-0.1, -0.05) is 24.3 Å². The number of nitrogens with zero attached hydrogens (tertiary/aromatic N) is 2. The highest BCUT2D eigenvalue weighted by Gasteiger charge is 2.19. The molecule has 0 amide bonds. The number of thioether (sulfide) groups is 1. The molecule has 2 nitrogen and oxygen atoms in total. The van der Waals surface area contributed by atoms with Gasteiger partial charge < -0.3 is 4.90 Å². The van der Waals surface area contributed by atoms with E-state index in [0.717, 1.165) is 18.7 Å². The lowest BCUT2D eigenvalue weighted by Crippen LogP contribution is -2.16. The number of hydrogen-bond donors (Lipinski definition) is 0. The third-order valence-corrected chi connectivity index (χ3v) is 4.70. The van der Waals surface area contributed by atoms with Crippen molar-refractivity contribution < 1.29 is 0 Å². The van der Waals surface area contributed by atoms with E-state index < -0.39 is 0 Å². The van der Waals surface area contributed by atoms with Gasteiger partial charge in [0.15, 0.2) is 0 Å². The Morgan fingerprint density at radius 2 is 2.00 bits per heavy atom. The second-order valence-electron chi connectivity index (χ2n) is 5.55. The minimum atomic E-state index is 0.999. The van der Waals surface area contributed by atoms with Gasteiger partial charge in [-0.05, 0) is 49.4 Å². The Morgan fingerprint density at radius 1 is 1.14 bits per heavy atom. The Labute approximate surface area is 130 Å². The van der Waals surface area contributed by atoms with Crippen molar-refractivity contribution in [2.75, 3.05) is 26.4 Å². The maximum Gasteiger partial charge on any atom is 0.0346 e. The molecule has 2 aromatic rings. The quantitative estimate of drug-likeness (QED) is 0.853. The second-order valence-corrected chi connectivity index (χ2v) is 6.69. The molecular weight excluding hydrogens is 276 g/mol. The number of benzene rings is 1. The van der Waals surface area contributed by atoms with E-state index >= 15 is 0 Å². The molecule has 0 unspecified atom stereocenters. The Balaban J connectivity index is 2.20. The molecule has 0 spiro atoms. The smallest absolute Gasteiger partial charge is 0.0346 e. The molecule has 0 radical (unpaired) electrons. The van der Waals surface area contributed by atoms with Gasteiger partial charge in [-0.25, -0.2) is 0 Å². The maximum absolute atomic E-state index is 4.32. The largest absolute Gasteiger partial charge is 0.305 e. The molecule has 0 saturated carbocycles. The average molecular weight is 296 g/mol. The van der Waals surface area contributed by atoms with Gasteiger partial charge in [0.1, 0.15) is 0 Å². The molecule has 1 aliphatic rings. The molecular formula is C18H20N2S. The van der Waals surface area contributed by atoms with E-state index in [2.05, 4.69) is 54.3 Å². The Hall–Kier alpha value is -1.58. The van der Waals surface area contributed by atoms with Crippen LogP contribution in [0.2, 0.25) is 0 Å². The lowest BCUT2D eigenvalue weighted by atomic mass is 9.92. The average Bonchev–Trinajstić information content (AvgIpc) is 2.66. The minimum Gasteiger partial charge on any atom is -0.305 e. The van der Waals surface area contributed by atoms with Crippen LogP contribution in [0.4, 0.5) is 0 Å². The van der Waals surface area contributed by atoms with Crippen LogP contribution in [0.3, 0.4) is 0 Å². The van der Waals surface area contributed by atoms with Crippen molar-refractivity contribution in [1.82, 2.24) is 9.88 Å². The van der Waals surface area contributed by atoms with Gasteiger partial charge in [-0.3, -0.25) is 4.98 Å². The molecule has 2 heterocycles. The summed E-state index contributed by atoms with van der Waals surface area (Å²) < 4.78 is 0. The highest BCUT2D eigenvalue weighted by molar-refractivity contribution is 7.99. The van der Waals surface area contributed by atoms with E-state index in [-0.39, 0.29) is 0 Å². The highest BCUT2D eigenvalue weighted by atomic mass is 32.2. The number of fused-ring (bicyclic) bond motifs is 1. The summed E-state index contributed by atoms with van der Waals surface area (Å²) in [5, 5.41) is 0. The van der Waals surface area contributed by atoms with Crippen LogP contribution in [0.15, 0.2) is 59.3 Å². The molecule has 0 fully saturated rings. The molecule has 21 heavy (non-hydrogen) atoms. The number of hydrogen-bond acceptors (Lipinski definition) is 3. The minimum absolute atomic E-state index is 0.999. The van der Waals surface area contributed by atoms with Crippen molar-refractivity contribution in [3.8, 4) is 0 Å². The zero-order valence-electron chi connectivity index (χ0n) is 12.5. The summed E-state index contributed by atoms with van der Waals surface area (Å²) in [6, 6.07) is 12.9. The monoisotopic (exact) mass is 296 g/mol. The zero-order chi connectivity index (χ0) is 14.7. The number of likely N-dealkylation sites (N-methyl/N-ethyl adjacent to an activating group) is 1. The van der Waals surface area contributed by atoms with E-state index in [4.69, 9.17) is 0 Å². The normalized spacial score (nSPS) is 15.0. The first-order chi connectivity index (χ1) is 10.3. The third-order valence-electron chi connectivity index (χ3n) is 3.63. The van der Waals surface area contributed by atoms with Crippen molar-refractivity contribution in [2.45, 2.75) is 11.3 Å². The Morgan fingerprint density at radius 3 is 2.76 bits per heavy atom. The fourth-order valence-corrected chi connectivity index (χ4v) is 3.88. The first-order valence-corrected chi connectivity index (χ1v) is 8.23. The van der Waals surface area contributed by atoms with Crippen LogP contribution in [0.5, 0.6) is 0 Å². The van der Waals surface area contributed by atoms with Gasteiger partial charge in [0.2, 0.25) is 0 Å². The molecule has 0 saturated heterocycles. The Kier molecular flexibility index (Phi) is 4.42. The molecule has 1 aromatic carbocycles. The van der Waals surface area contributed by atoms with Gasteiger partial charge >= 0.3 is 0 Å². The van der Waals surface area contributed by atoms with Crippen LogP contribution in [0.25, 0.3) is 5.57 Å². The molecule has 3 heteroatoms. The van der Waals surface area contributed by atoms with Crippen molar-refractivity contribution in [3.05, 3.63) is 65.5 Å². The number of aromatic nitrogens is 1. The first kappa shape index (κ1) is 14.4. The number of rotatable bonds is 3. The van der Waals surface area contributed by atoms with Crippen molar-refractivity contribution in [3.63, 3.8) is 0 Å². The summed E-state index contributed by atoms with van der Waals surface area (Å²) in [5.74, 6) is 1.14. The van der Waals surface area contributed by atoms with Crippen molar-refractivity contribution in [2.24, 2.45) is 0 Å². The standard InChI is InChI=1S/C18H20N2S/c1-20(2)13-15-9-11-21-17-8-4-3-7-16(17)18(15)14-6-5-10-19-12-14/h3-8,10,12H,9,11,13H2,1-2H3. The summed E-state index contributed by atoms with van der Waals surface area (Å²) in [6.45, 7) is 0.999. The third kappa shape index (κ3) is 3.20. The van der Waals surface area contributed by atoms with Crippen molar-refractivity contribution in [1.29, 1.82) is 0 Å². The number of pyridine rings is 1. The second kappa shape index (κ2) is 6.46. The molecule has 0 N–H and O–H groups in total. The van der Waals surface area contributed by atoms with Crippen LogP contribution < -0.4 is 0 Å². The molecule has 3 rings (SSSR count). The summed E-state index contributed by atoms with van der Waals surface area (Å²) in [5.41, 5.74) is 5.46.